The molecule has 1 atom stereocenters. The Morgan fingerprint density at radius 2 is 1.87 bits per heavy atom. The van der Waals surface area contributed by atoms with Crippen LogP contribution in [-0.2, 0) is 10.0 Å². The van der Waals surface area contributed by atoms with E-state index in [1.807, 2.05) is 23.1 Å². The van der Waals surface area contributed by atoms with Crippen LogP contribution >= 0.6 is 0 Å². The van der Waals surface area contributed by atoms with Crippen LogP contribution in [0.1, 0.15) is 41.2 Å². The van der Waals surface area contributed by atoms with E-state index in [2.05, 4.69) is 0 Å². The number of carbonyl (C=O) groups excluding carboxylic acids is 1. The molecule has 2 aliphatic heterocycles. The van der Waals surface area contributed by atoms with E-state index in [4.69, 9.17) is 9.47 Å². The first-order valence-electron chi connectivity index (χ1n) is 10.1. The molecule has 1 amide bonds. The summed E-state index contributed by atoms with van der Waals surface area (Å²) in [6.45, 7) is 1.10. The number of anilines is 1. The Morgan fingerprint density at radius 1 is 1.03 bits per heavy atom. The third kappa shape index (κ3) is 3.71. The first kappa shape index (κ1) is 20.5. The zero-order chi connectivity index (χ0) is 21.3. The maximum absolute atomic E-state index is 13.4. The second kappa shape index (κ2) is 8.18. The smallest absolute Gasteiger partial charge is 0.254 e. The highest BCUT2D eigenvalue weighted by Gasteiger charge is 2.33. The van der Waals surface area contributed by atoms with Crippen LogP contribution in [0.5, 0.6) is 11.5 Å². The molecule has 0 radical (unpaired) electrons. The third-order valence-corrected chi connectivity index (χ3v) is 7.66. The average Bonchev–Trinajstić information content (AvgIpc) is 3.38. The van der Waals surface area contributed by atoms with Crippen molar-refractivity contribution in [1.29, 1.82) is 0 Å². The summed E-state index contributed by atoms with van der Waals surface area (Å²) < 4.78 is 36.8. The number of benzene rings is 2. The van der Waals surface area contributed by atoms with Gasteiger partial charge in [-0.15, -0.1) is 0 Å². The number of amides is 1. The fourth-order valence-electron chi connectivity index (χ4n) is 4.32. The predicted molar refractivity (Wildman–Crippen MR) is 115 cm³/mol. The summed E-state index contributed by atoms with van der Waals surface area (Å²) in [7, 11) is -0.0760. The van der Waals surface area contributed by atoms with Crippen molar-refractivity contribution >= 4 is 21.6 Å². The van der Waals surface area contributed by atoms with Crippen LogP contribution in [0.2, 0.25) is 0 Å². The lowest BCUT2D eigenvalue weighted by Crippen LogP contribution is -2.31. The number of likely N-dealkylation sites (tertiary alicyclic amines) is 1. The molecule has 4 rings (SSSR count). The van der Waals surface area contributed by atoms with E-state index in [1.54, 1.807) is 38.5 Å². The van der Waals surface area contributed by atoms with Crippen LogP contribution in [-0.4, -0.2) is 52.3 Å². The van der Waals surface area contributed by atoms with Crippen molar-refractivity contribution in [1.82, 2.24) is 4.90 Å². The number of rotatable bonds is 5. The fourth-order valence-corrected chi connectivity index (χ4v) is 5.87. The topological polar surface area (TPSA) is 76.2 Å². The second-order valence-corrected chi connectivity index (χ2v) is 9.57. The van der Waals surface area contributed by atoms with Gasteiger partial charge in [0.1, 0.15) is 11.5 Å². The van der Waals surface area contributed by atoms with Gasteiger partial charge in [0, 0.05) is 30.3 Å². The molecule has 2 aromatic rings. The standard InChI is InChI=1S/C22H26N2O5S/c1-28-18-9-10-19(21(15-18)29-2)20-8-4-11-23(20)22(25)16-6-3-7-17(14-16)24-12-5-13-30(24,26)27/h3,6-7,9-10,14-15,20H,4-5,8,11-13H2,1-2H3/t20-/m0/s1. The first-order valence-corrected chi connectivity index (χ1v) is 11.7. The van der Waals surface area contributed by atoms with Crippen molar-refractivity contribution in [3.05, 3.63) is 53.6 Å². The number of ether oxygens (including phenoxy) is 2. The lowest BCUT2D eigenvalue weighted by atomic mass is 10.0. The minimum Gasteiger partial charge on any atom is -0.497 e. The molecule has 0 bridgehead atoms. The molecule has 2 saturated heterocycles. The number of nitrogens with zero attached hydrogens (tertiary/aromatic N) is 2. The van der Waals surface area contributed by atoms with Crippen molar-refractivity contribution in [3.63, 3.8) is 0 Å². The average molecular weight is 431 g/mol. The molecule has 2 aromatic carbocycles. The quantitative estimate of drug-likeness (QED) is 0.728. The van der Waals surface area contributed by atoms with Crippen LogP contribution in [0.4, 0.5) is 5.69 Å². The monoisotopic (exact) mass is 430 g/mol. The van der Waals surface area contributed by atoms with E-state index in [-0.39, 0.29) is 17.7 Å². The molecule has 30 heavy (non-hydrogen) atoms. The highest BCUT2D eigenvalue weighted by molar-refractivity contribution is 7.93. The molecule has 2 heterocycles. The van der Waals surface area contributed by atoms with Crippen LogP contribution in [0, 0.1) is 0 Å². The molecular formula is C22H26N2O5S. The van der Waals surface area contributed by atoms with Gasteiger partial charge in [0.05, 0.1) is 31.7 Å². The van der Waals surface area contributed by atoms with Crippen LogP contribution in [0.25, 0.3) is 0 Å². The van der Waals surface area contributed by atoms with Gasteiger partial charge in [-0.05, 0) is 49.6 Å². The van der Waals surface area contributed by atoms with E-state index in [0.29, 0.717) is 42.3 Å². The van der Waals surface area contributed by atoms with Crippen molar-refractivity contribution in [2.75, 3.05) is 37.4 Å². The molecule has 7 nitrogen and oxygen atoms in total. The molecule has 2 fully saturated rings. The SMILES string of the molecule is COc1ccc([C@@H]2CCCN2C(=O)c2cccc(N3CCCS3(=O)=O)c2)c(OC)c1. The molecular weight excluding hydrogens is 404 g/mol. The zero-order valence-corrected chi connectivity index (χ0v) is 18.0. The summed E-state index contributed by atoms with van der Waals surface area (Å²) in [6.07, 6.45) is 2.34. The van der Waals surface area contributed by atoms with E-state index < -0.39 is 10.0 Å². The summed E-state index contributed by atoms with van der Waals surface area (Å²) in [5.41, 5.74) is 1.99. The zero-order valence-electron chi connectivity index (χ0n) is 17.2. The van der Waals surface area contributed by atoms with Gasteiger partial charge in [-0.25, -0.2) is 8.42 Å². The summed E-state index contributed by atoms with van der Waals surface area (Å²) >= 11 is 0. The minimum absolute atomic E-state index is 0.0995. The van der Waals surface area contributed by atoms with Gasteiger partial charge in [0.2, 0.25) is 10.0 Å². The Balaban J connectivity index is 1.63. The van der Waals surface area contributed by atoms with Crippen molar-refractivity contribution in [2.45, 2.75) is 25.3 Å². The van der Waals surface area contributed by atoms with E-state index in [0.717, 1.165) is 18.4 Å². The number of sulfonamides is 1. The van der Waals surface area contributed by atoms with Crippen molar-refractivity contribution in [3.8, 4) is 11.5 Å². The second-order valence-electron chi connectivity index (χ2n) is 7.56. The third-order valence-electron chi connectivity index (χ3n) is 5.79. The Hall–Kier alpha value is -2.74. The number of hydrogen-bond donors (Lipinski definition) is 0. The Kier molecular flexibility index (Phi) is 5.60. The van der Waals surface area contributed by atoms with Gasteiger partial charge >= 0.3 is 0 Å². The van der Waals surface area contributed by atoms with Crippen molar-refractivity contribution < 1.29 is 22.7 Å². The lowest BCUT2D eigenvalue weighted by Gasteiger charge is -2.27. The van der Waals surface area contributed by atoms with E-state index in [1.165, 1.54) is 4.31 Å². The van der Waals surface area contributed by atoms with E-state index in [9.17, 15) is 13.2 Å². The Bertz CT molecular complexity index is 1050. The minimum atomic E-state index is -3.29. The molecule has 160 valence electrons. The molecule has 0 unspecified atom stereocenters. The molecule has 0 aromatic heterocycles. The van der Waals surface area contributed by atoms with Gasteiger partial charge in [0.15, 0.2) is 0 Å². The molecule has 0 saturated carbocycles. The molecule has 0 aliphatic carbocycles. The van der Waals surface area contributed by atoms with Gasteiger partial charge in [0.25, 0.3) is 5.91 Å². The number of methoxy groups -OCH3 is 2. The Labute approximate surface area is 177 Å². The van der Waals surface area contributed by atoms with Gasteiger partial charge in [-0.1, -0.05) is 6.07 Å². The highest BCUT2D eigenvalue weighted by Crippen LogP contribution is 2.39. The predicted octanol–water partition coefficient (Wildman–Crippen LogP) is 3.22. The first-order chi connectivity index (χ1) is 14.4. The van der Waals surface area contributed by atoms with Crippen LogP contribution < -0.4 is 13.8 Å². The maximum atomic E-state index is 13.4. The maximum Gasteiger partial charge on any atom is 0.254 e. The Morgan fingerprint density at radius 3 is 2.57 bits per heavy atom. The van der Waals surface area contributed by atoms with E-state index >= 15 is 0 Å². The van der Waals surface area contributed by atoms with Crippen LogP contribution in [0.15, 0.2) is 42.5 Å². The summed E-state index contributed by atoms with van der Waals surface area (Å²) in [4.78, 5) is 15.2. The number of carbonyl (C=O) groups is 1. The van der Waals surface area contributed by atoms with Crippen LogP contribution in [0.3, 0.4) is 0 Å². The fraction of sp³-hybridized carbons (Fsp3) is 0.409. The van der Waals surface area contributed by atoms with Gasteiger partial charge < -0.3 is 14.4 Å². The summed E-state index contributed by atoms with van der Waals surface area (Å²) in [5.74, 6) is 1.44. The molecule has 8 heteroatoms. The molecule has 0 spiro atoms. The number of hydrogen-bond acceptors (Lipinski definition) is 5. The largest absolute Gasteiger partial charge is 0.497 e. The summed E-state index contributed by atoms with van der Waals surface area (Å²) in [6, 6.07) is 12.5. The van der Waals surface area contributed by atoms with Crippen molar-refractivity contribution in [2.24, 2.45) is 0 Å². The highest BCUT2D eigenvalue weighted by atomic mass is 32.2. The molecule has 0 N–H and O–H groups in total. The van der Waals surface area contributed by atoms with Gasteiger partial charge in [-0.3, -0.25) is 9.10 Å². The molecule has 2 aliphatic rings. The normalized spacial score (nSPS) is 20.4. The van der Waals surface area contributed by atoms with Gasteiger partial charge in [-0.2, -0.15) is 0 Å². The summed E-state index contributed by atoms with van der Waals surface area (Å²) in [5, 5.41) is 0. The lowest BCUT2D eigenvalue weighted by molar-refractivity contribution is 0.0734.